The highest BCUT2D eigenvalue weighted by Gasteiger charge is 2.23. The summed E-state index contributed by atoms with van der Waals surface area (Å²) in [7, 11) is 0. The molecule has 0 saturated heterocycles. The van der Waals surface area contributed by atoms with E-state index in [1.165, 1.54) is 48.5 Å². The minimum atomic E-state index is -0.490. The van der Waals surface area contributed by atoms with Gasteiger partial charge in [-0.25, -0.2) is 19.0 Å². The summed E-state index contributed by atoms with van der Waals surface area (Å²) in [6, 6.07) is 19.1. The summed E-state index contributed by atoms with van der Waals surface area (Å²) in [5, 5.41) is 44.5. The summed E-state index contributed by atoms with van der Waals surface area (Å²) in [5.74, 6) is 0.702. The average Bonchev–Trinajstić information content (AvgIpc) is 3.60. The summed E-state index contributed by atoms with van der Waals surface area (Å²) in [6.07, 6.45) is 0. The second-order valence-electron chi connectivity index (χ2n) is 9.70. The first-order valence-electron chi connectivity index (χ1n) is 13.1. The van der Waals surface area contributed by atoms with E-state index in [1.54, 1.807) is 22.9 Å². The molecule has 6 rings (SSSR count). The lowest BCUT2D eigenvalue weighted by molar-refractivity contribution is -0.385. The molecule has 16 nitrogen and oxygen atoms in total. The highest BCUT2D eigenvalue weighted by atomic mass is 16.6. The molecule has 44 heavy (non-hydrogen) atoms. The van der Waals surface area contributed by atoms with Gasteiger partial charge in [0.25, 0.3) is 11.4 Å². The van der Waals surface area contributed by atoms with Gasteiger partial charge >= 0.3 is 0 Å². The number of hydrogen-bond donors (Lipinski definition) is 1. The molecule has 16 heteroatoms. The van der Waals surface area contributed by atoms with E-state index in [-0.39, 0.29) is 11.4 Å². The SMILES string of the molecule is Cc1ccc(NN=c2c3nc(C)c(N=Nc4ccc([N+](=O)[O-])cc4)n3n3c(N=Nc4ccc([N+](=O)[O-])cc4)c(C)nc23)cc1. The van der Waals surface area contributed by atoms with Crippen molar-refractivity contribution in [1.82, 2.24) is 19.0 Å². The van der Waals surface area contributed by atoms with Crippen LogP contribution in [0.25, 0.3) is 11.3 Å². The number of nitro benzene ring substituents is 2. The molecular weight excluding hydrogens is 568 g/mol. The van der Waals surface area contributed by atoms with Crippen molar-refractivity contribution in [3.63, 3.8) is 0 Å². The Labute approximate surface area is 247 Å². The van der Waals surface area contributed by atoms with Crippen LogP contribution in [0.5, 0.6) is 0 Å². The smallest absolute Gasteiger partial charge is 0.269 e. The van der Waals surface area contributed by atoms with Crippen molar-refractivity contribution in [2.75, 3.05) is 5.43 Å². The van der Waals surface area contributed by atoms with Gasteiger partial charge in [-0.05, 0) is 57.2 Å². The first-order valence-corrected chi connectivity index (χ1v) is 13.1. The van der Waals surface area contributed by atoms with Crippen LogP contribution in [-0.2, 0) is 0 Å². The van der Waals surface area contributed by atoms with Crippen LogP contribution in [-0.4, -0.2) is 28.8 Å². The van der Waals surface area contributed by atoms with E-state index in [1.807, 2.05) is 31.2 Å². The molecule has 0 saturated carbocycles. The van der Waals surface area contributed by atoms with Gasteiger partial charge in [-0.3, -0.25) is 25.7 Å². The zero-order valence-electron chi connectivity index (χ0n) is 23.5. The van der Waals surface area contributed by atoms with Crippen LogP contribution in [0.1, 0.15) is 17.0 Å². The lowest BCUT2D eigenvalue weighted by atomic mass is 10.2. The number of imidazole rings is 2. The number of rotatable bonds is 8. The number of nitrogens with one attached hydrogen (secondary N) is 1. The number of anilines is 1. The lowest BCUT2D eigenvalue weighted by Gasteiger charge is -1.99. The fourth-order valence-electron chi connectivity index (χ4n) is 4.38. The number of non-ortho nitro benzene ring substituents is 2. The minimum Gasteiger partial charge on any atom is -0.278 e. The molecular formula is C28H22N12O4. The van der Waals surface area contributed by atoms with Crippen LogP contribution in [0.3, 0.4) is 0 Å². The topological polar surface area (TPSA) is 195 Å². The first-order chi connectivity index (χ1) is 21.2. The number of aromatic nitrogens is 4. The summed E-state index contributed by atoms with van der Waals surface area (Å²) in [5.41, 5.74) is 7.52. The van der Waals surface area contributed by atoms with E-state index < -0.39 is 9.85 Å². The van der Waals surface area contributed by atoms with Crippen LogP contribution < -0.4 is 10.8 Å². The number of fused-ring (bicyclic) bond motifs is 3. The van der Waals surface area contributed by atoms with E-state index in [0.717, 1.165) is 11.3 Å². The van der Waals surface area contributed by atoms with Gasteiger partial charge in [0.15, 0.2) is 28.3 Å². The summed E-state index contributed by atoms with van der Waals surface area (Å²) in [6.45, 7) is 5.52. The van der Waals surface area contributed by atoms with Gasteiger partial charge in [0.05, 0.1) is 38.3 Å². The van der Waals surface area contributed by atoms with Gasteiger partial charge in [0.1, 0.15) is 0 Å². The highest BCUT2D eigenvalue weighted by molar-refractivity contribution is 5.64. The number of azo groups is 2. The first kappa shape index (κ1) is 27.7. The van der Waals surface area contributed by atoms with E-state index in [0.29, 0.717) is 51.0 Å². The highest BCUT2D eigenvalue weighted by Crippen LogP contribution is 2.30. The molecule has 3 heterocycles. The summed E-state index contributed by atoms with van der Waals surface area (Å²) in [4.78, 5) is 30.5. The van der Waals surface area contributed by atoms with Crippen molar-refractivity contribution in [1.29, 1.82) is 0 Å². The van der Waals surface area contributed by atoms with Crippen molar-refractivity contribution >= 4 is 51.4 Å². The Balaban J connectivity index is 1.51. The molecule has 0 spiro atoms. The standard InChI is InChI=1S/C28H22N12O4/c1-16-4-6-19(7-5-16)31-34-24-27-29-17(2)25(35-32-20-8-12-22(13-9-20)39(41)42)37(27)38-26(18(3)30-28(24)38)36-33-21-10-14-23(15-11-21)40(43)44/h4-15,31H,1-3H3. The third-order valence-corrected chi connectivity index (χ3v) is 6.61. The Morgan fingerprint density at radius 1 is 0.636 bits per heavy atom. The number of hydrogen-bond acceptors (Lipinski definition) is 12. The lowest BCUT2D eigenvalue weighted by Crippen LogP contribution is -2.06. The number of aryl methyl sites for hydroxylation is 3. The molecule has 0 aliphatic heterocycles. The molecule has 0 aliphatic carbocycles. The Bertz CT molecular complexity index is 2040. The average molecular weight is 591 g/mol. The van der Waals surface area contributed by atoms with Crippen LogP contribution >= 0.6 is 0 Å². The van der Waals surface area contributed by atoms with E-state index in [2.05, 4.69) is 31.0 Å². The van der Waals surface area contributed by atoms with Gasteiger partial charge in [0, 0.05) is 24.3 Å². The zero-order valence-corrected chi connectivity index (χ0v) is 23.5. The van der Waals surface area contributed by atoms with E-state index in [4.69, 9.17) is 9.97 Å². The largest absolute Gasteiger partial charge is 0.278 e. The minimum absolute atomic E-state index is 0.0612. The normalized spacial score (nSPS) is 11.7. The van der Waals surface area contributed by atoms with E-state index in [9.17, 15) is 20.2 Å². The molecule has 0 radical (unpaired) electrons. The van der Waals surface area contributed by atoms with Crippen LogP contribution in [0.4, 0.5) is 40.1 Å². The molecule has 0 aliphatic rings. The van der Waals surface area contributed by atoms with Crippen molar-refractivity contribution in [2.45, 2.75) is 20.8 Å². The molecule has 0 unspecified atom stereocenters. The maximum absolute atomic E-state index is 11.0. The van der Waals surface area contributed by atoms with E-state index >= 15 is 0 Å². The molecule has 0 amide bonds. The maximum atomic E-state index is 11.0. The fraction of sp³-hybridized carbons (Fsp3) is 0.107. The number of nitrogens with zero attached hydrogens (tertiary/aromatic N) is 11. The van der Waals surface area contributed by atoms with Crippen LogP contribution in [0, 0.1) is 41.0 Å². The van der Waals surface area contributed by atoms with Crippen molar-refractivity contribution in [3.05, 3.63) is 115 Å². The molecule has 3 aromatic carbocycles. The van der Waals surface area contributed by atoms with Crippen LogP contribution in [0.15, 0.2) is 98.4 Å². The van der Waals surface area contributed by atoms with Gasteiger partial charge in [-0.1, -0.05) is 17.7 Å². The second-order valence-corrected chi connectivity index (χ2v) is 9.70. The molecule has 3 aromatic heterocycles. The van der Waals surface area contributed by atoms with Crippen molar-refractivity contribution in [2.24, 2.45) is 25.6 Å². The number of benzene rings is 3. The zero-order chi connectivity index (χ0) is 31.0. The predicted octanol–water partition coefficient (Wildman–Crippen LogP) is 6.92. The van der Waals surface area contributed by atoms with Crippen molar-refractivity contribution in [3.8, 4) is 0 Å². The van der Waals surface area contributed by atoms with Crippen LogP contribution in [0.2, 0.25) is 0 Å². The molecule has 0 atom stereocenters. The molecule has 0 fully saturated rings. The summed E-state index contributed by atoms with van der Waals surface area (Å²) < 4.78 is 3.33. The third kappa shape index (κ3) is 5.18. The van der Waals surface area contributed by atoms with Gasteiger partial charge < -0.3 is 0 Å². The number of nitro groups is 2. The van der Waals surface area contributed by atoms with Crippen molar-refractivity contribution < 1.29 is 9.85 Å². The fourth-order valence-corrected chi connectivity index (χ4v) is 4.38. The van der Waals surface area contributed by atoms with Gasteiger partial charge in [-0.15, -0.1) is 20.5 Å². The molecule has 218 valence electrons. The predicted molar refractivity (Wildman–Crippen MR) is 160 cm³/mol. The molecule has 1 N–H and O–H groups in total. The quantitative estimate of drug-likeness (QED) is 0.113. The van der Waals surface area contributed by atoms with Gasteiger partial charge in [0.2, 0.25) is 0 Å². The van der Waals surface area contributed by atoms with Gasteiger partial charge in [-0.2, -0.15) is 5.10 Å². The second kappa shape index (κ2) is 11.1. The monoisotopic (exact) mass is 590 g/mol. The molecule has 6 aromatic rings. The summed E-state index contributed by atoms with van der Waals surface area (Å²) >= 11 is 0. The Morgan fingerprint density at radius 2 is 1.07 bits per heavy atom. The molecule has 0 bridgehead atoms. The maximum Gasteiger partial charge on any atom is 0.269 e. The third-order valence-electron chi connectivity index (χ3n) is 6.61. The Morgan fingerprint density at radius 3 is 1.48 bits per heavy atom. The Kier molecular flexibility index (Phi) is 6.98. The Hall–Kier alpha value is -6.45.